The molecule has 4 nitrogen and oxygen atoms in total. The van der Waals surface area contributed by atoms with Crippen LogP contribution in [0.3, 0.4) is 0 Å². The molecule has 0 saturated carbocycles. The van der Waals surface area contributed by atoms with Gasteiger partial charge in [0, 0.05) is 11.1 Å². The minimum Gasteiger partial charge on any atom is -0.468 e. The van der Waals surface area contributed by atoms with Gasteiger partial charge in [-0.15, -0.1) is 0 Å². The van der Waals surface area contributed by atoms with Crippen LogP contribution in [0.15, 0.2) is 34.7 Å². The van der Waals surface area contributed by atoms with Crippen molar-refractivity contribution in [1.29, 1.82) is 0 Å². The average Bonchev–Trinajstić information content (AvgIpc) is 2.76. The molecule has 0 bridgehead atoms. The van der Waals surface area contributed by atoms with Crippen molar-refractivity contribution in [3.8, 4) is 17.3 Å². The third kappa shape index (κ3) is 1.97. The molecule has 0 spiro atoms. The monoisotopic (exact) mass is 246 g/mol. The van der Waals surface area contributed by atoms with E-state index in [1.54, 1.807) is 6.92 Å². The lowest BCUT2D eigenvalue weighted by Gasteiger charge is -1.99. The molecule has 1 aromatic carbocycles. The number of hydrogen-bond donors (Lipinski definition) is 0. The summed E-state index contributed by atoms with van der Waals surface area (Å²) < 4.78 is 15.4. The Hall–Kier alpha value is -2.23. The van der Waals surface area contributed by atoms with E-state index in [1.807, 2.05) is 30.3 Å². The van der Waals surface area contributed by atoms with E-state index in [-0.39, 0.29) is 5.95 Å². The highest BCUT2D eigenvalue weighted by Crippen LogP contribution is 2.35. The molecule has 0 aliphatic heterocycles. The third-order valence-electron chi connectivity index (χ3n) is 2.73. The Morgan fingerprint density at radius 2 is 1.83 bits per heavy atom. The van der Waals surface area contributed by atoms with Crippen molar-refractivity contribution in [2.24, 2.45) is 0 Å². The quantitative estimate of drug-likeness (QED) is 0.781. The molecule has 2 aromatic rings. The second kappa shape index (κ2) is 4.96. The molecule has 0 N–H and O–H groups in total. The summed E-state index contributed by atoms with van der Waals surface area (Å²) in [6.45, 7) is 1.81. The van der Waals surface area contributed by atoms with Gasteiger partial charge in [-0.05, 0) is 6.92 Å². The van der Waals surface area contributed by atoms with Gasteiger partial charge in [0.25, 0.3) is 5.95 Å². The van der Waals surface area contributed by atoms with Gasteiger partial charge in [-0.25, -0.2) is 4.79 Å². The van der Waals surface area contributed by atoms with Gasteiger partial charge < -0.3 is 13.9 Å². The van der Waals surface area contributed by atoms with Gasteiger partial charge in [0.15, 0.2) is 0 Å². The van der Waals surface area contributed by atoms with Crippen molar-refractivity contribution in [2.75, 3.05) is 14.2 Å². The average molecular weight is 246 g/mol. The van der Waals surface area contributed by atoms with Crippen LogP contribution in [0.1, 0.15) is 15.9 Å². The van der Waals surface area contributed by atoms with Gasteiger partial charge in [-0.3, -0.25) is 0 Å². The van der Waals surface area contributed by atoms with Crippen LogP contribution in [0.4, 0.5) is 0 Å². The van der Waals surface area contributed by atoms with Crippen LogP contribution in [0.5, 0.6) is 5.95 Å². The molecule has 18 heavy (non-hydrogen) atoms. The molecule has 0 unspecified atom stereocenters. The zero-order valence-corrected chi connectivity index (χ0v) is 10.5. The van der Waals surface area contributed by atoms with Crippen LogP contribution in [0, 0.1) is 6.92 Å². The largest absolute Gasteiger partial charge is 0.468 e. The van der Waals surface area contributed by atoms with E-state index in [9.17, 15) is 4.79 Å². The number of rotatable bonds is 3. The van der Waals surface area contributed by atoms with Gasteiger partial charge in [-0.2, -0.15) is 0 Å². The number of methoxy groups -OCH3 is 2. The smallest absolute Gasteiger partial charge is 0.345 e. The third-order valence-corrected chi connectivity index (χ3v) is 2.73. The lowest BCUT2D eigenvalue weighted by molar-refractivity contribution is 0.0594. The Morgan fingerprint density at radius 3 is 2.39 bits per heavy atom. The summed E-state index contributed by atoms with van der Waals surface area (Å²) in [5.41, 5.74) is 1.94. The van der Waals surface area contributed by atoms with E-state index < -0.39 is 5.97 Å². The van der Waals surface area contributed by atoms with Crippen LogP contribution < -0.4 is 4.74 Å². The van der Waals surface area contributed by atoms with E-state index >= 15 is 0 Å². The SMILES string of the molecule is COC(=O)c1c(OC)oc(-c2ccccc2)c1C. The second-order valence-corrected chi connectivity index (χ2v) is 3.78. The summed E-state index contributed by atoms with van der Waals surface area (Å²) in [6, 6.07) is 9.54. The Balaban J connectivity index is 2.58. The normalized spacial score (nSPS) is 10.2. The Labute approximate surface area is 105 Å². The molecule has 0 saturated heterocycles. The van der Waals surface area contributed by atoms with E-state index in [0.717, 1.165) is 5.56 Å². The van der Waals surface area contributed by atoms with Gasteiger partial charge in [-0.1, -0.05) is 30.3 Å². The summed E-state index contributed by atoms with van der Waals surface area (Å²) in [7, 11) is 2.79. The zero-order chi connectivity index (χ0) is 13.1. The summed E-state index contributed by atoms with van der Waals surface area (Å²) >= 11 is 0. The van der Waals surface area contributed by atoms with Crippen LogP contribution in [-0.2, 0) is 4.74 Å². The molecule has 2 rings (SSSR count). The maximum absolute atomic E-state index is 11.7. The molecule has 0 atom stereocenters. The van der Waals surface area contributed by atoms with E-state index in [4.69, 9.17) is 13.9 Å². The topological polar surface area (TPSA) is 48.7 Å². The molecule has 0 fully saturated rings. The minimum absolute atomic E-state index is 0.179. The number of ether oxygens (including phenoxy) is 2. The molecule has 94 valence electrons. The number of esters is 1. The fraction of sp³-hybridized carbons (Fsp3) is 0.214. The standard InChI is InChI=1S/C14H14O4/c1-9-11(13(15)16-2)14(17-3)18-12(9)10-7-5-4-6-8-10/h4-8H,1-3H3. The summed E-state index contributed by atoms with van der Waals surface area (Å²) in [6.07, 6.45) is 0. The Bertz CT molecular complexity index is 555. The Kier molecular flexibility index (Phi) is 3.37. The van der Waals surface area contributed by atoms with E-state index in [1.165, 1.54) is 14.2 Å². The predicted octanol–water partition coefficient (Wildman–Crippen LogP) is 3.05. The Morgan fingerprint density at radius 1 is 1.17 bits per heavy atom. The lowest BCUT2D eigenvalue weighted by Crippen LogP contribution is -2.03. The molecule has 0 amide bonds. The van der Waals surface area contributed by atoms with Crippen LogP contribution in [0.2, 0.25) is 0 Å². The van der Waals surface area contributed by atoms with Crippen molar-refractivity contribution in [1.82, 2.24) is 0 Å². The van der Waals surface area contributed by atoms with Gasteiger partial charge in [0.05, 0.1) is 14.2 Å². The lowest BCUT2D eigenvalue weighted by atomic mass is 10.1. The van der Waals surface area contributed by atoms with Crippen molar-refractivity contribution >= 4 is 5.97 Å². The minimum atomic E-state index is -0.463. The fourth-order valence-electron chi connectivity index (χ4n) is 1.83. The summed E-state index contributed by atoms with van der Waals surface area (Å²) in [5, 5.41) is 0. The highest BCUT2D eigenvalue weighted by molar-refractivity contribution is 5.95. The molecule has 4 heteroatoms. The van der Waals surface area contributed by atoms with E-state index in [2.05, 4.69) is 0 Å². The number of benzene rings is 1. The maximum atomic E-state index is 11.7. The number of furan rings is 1. The van der Waals surface area contributed by atoms with Crippen molar-refractivity contribution in [3.63, 3.8) is 0 Å². The van der Waals surface area contributed by atoms with E-state index in [0.29, 0.717) is 16.9 Å². The molecule has 0 aliphatic rings. The number of carbonyl (C=O) groups excluding carboxylic acids is 1. The zero-order valence-electron chi connectivity index (χ0n) is 10.5. The highest BCUT2D eigenvalue weighted by atomic mass is 16.6. The highest BCUT2D eigenvalue weighted by Gasteiger charge is 2.25. The van der Waals surface area contributed by atoms with Crippen molar-refractivity contribution in [3.05, 3.63) is 41.5 Å². The first-order valence-electron chi connectivity index (χ1n) is 5.50. The van der Waals surface area contributed by atoms with Gasteiger partial charge >= 0.3 is 5.97 Å². The van der Waals surface area contributed by atoms with Crippen LogP contribution >= 0.6 is 0 Å². The number of carbonyl (C=O) groups is 1. The van der Waals surface area contributed by atoms with Crippen LogP contribution in [0.25, 0.3) is 11.3 Å². The van der Waals surface area contributed by atoms with Crippen molar-refractivity contribution < 1.29 is 18.7 Å². The van der Waals surface area contributed by atoms with Gasteiger partial charge in [0.1, 0.15) is 11.3 Å². The number of hydrogen-bond acceptors (Lipinski definition) is 4. The molecule has 1 aromatic heterocycles. The molecule has 1 heterocycles. The first-order chi connectivity index (χ1) is 8.69. The second-order valence-electron chi connectivity index (χ2n) is 3.78. The molecular formula is C14H14O4. The summed E-state index contributed by atoms with van der Waals surface area (Å²) in [4.78, 5) is 11.7. The maximum Gasteiger partial charge on any atom is 0.345 e. The summed E-state index contributed by atoms with van der Waals surface area (Å²) in [5.74, 6) is 0.335. The predicted molar refractivity (Wildman–Crippen MR) is 66.8 cm³/mol. The molecule has 0 aliphatic carbocycles. The van der Waals surface area contributed by atoms with Crippen LogP contribution in [-0.4, -0.2) is 20.2 Å². The molecular weight excluding hydrogens is 232 g/mol. The first kappa shape index (κ1) is 12.2. The van der Waals surface area contributed by atoms with Gasteiger partial charge in [0.2, 0.25) is 0 Å². The van der Waals surface area contributed by atoms with Crippen molar-refractivity contribution in [2.45, 2.75) is 6.92 Å². The fourth-order valence-corrected chi connectivity index (χ4v) is 1.83. The first-order valence-corrected chi connectivity index (χ1v) is 5.50. The molecule has 0 radical (unpaired) electrons.